The molecule has 0 fully saturated rings. The Hall–Kier alpha value is -0.810. The van der Waals surface area contributed by atoms with E-state index >= 15 is 0 Å². The second-order valence-corrected chi connectivity index (χ2v) is 11.4. The Balaban J connectivity index is 3.63. The summed E-state index contributed by atoms with van der Waals surface area (Å²) in [7, 11) is 0. The Bertz CT molecular complexity index is 449. The summed E-state index contributed by atoms with van der Waals surface area (Å²) in [6.45, 7) is 18.8. The normalized spacial score (nSPS) is 13.9. The van der Waals surface area contributed by atoms with Crippen molar-refractivity contribution < 1.29 is 19.4 Å². The highest BCUT2D eigenvalue weighted by atomic mass is 16.6. The maximum atomic E-state index is 11.7. The molecule has 0 saturated heterocycles. The van der Waals surface area contributed by atoms with Crippen molar-refractivity contribution in [1.82, 2.24) is 5.32 Å². The number of aliphatic hydroxyl groups excluding tert-OH is 1. The molecule has 2 N–H and O–H groups in total. The van der Waals surface area contributed by atoms with Gasteiger partial charge in [-0.3, -0.25) is 0 Å². The standard InChI is InChI=1S/C25H51NO4/c1-23(2,3)25(7,8)16-14-12-10-9-11-13-15-17-29-20-21(19-27)18-26-22(28)30-24(4,5)6/h21,27H,9-20H2,1-8H3,(H,26,28). The second kappa shape index (κ2) is 14.3. The van der Waals surface area contributed by atoms with Crippen LogP contribution in [-0.2, 0) is 9.47 Å². The molecule has 5 nitrogen and oxygen atoms in total. The number of carbonyl (C=O) groups is 1. The minimum absolute atomic E-state index is 0.0121. The molecule has 1 amide bonds. The summed E-state index contributed by atoms with van der Waals surface area (Å²) in [4.78, 5) is 11.7. The first-order valence-corrected chi connectivity index (χ1v) is 11.9. The molecule has 0 aromatic heterocycles. The Labute approximate surface area is 186 Å². The Morgan fingerprint density at radius 1 is 0.867 bits per heavy atom. The number of hydrogen-bond acceptors (Lipinski definition) is 4. The molecule has 30 heavy (non-hydrogen) atoms. The average molecular weight is 430 g/mol. The summed E-state index contributed by atoms with van der Waals surface area (Å²) >= 11 is 0. The van der Waals surface area contributed by atoms with E-state index < -0.39 is 11.7 Å². The van der Waals surface area contributed by atoms with Gasteiger partial charge < -0.3 is 19.9 Å². The van der Waals surface area contributed by atoms with Crippen molar-refractivity contribution in [2.24, 2.45) is 16.7 Å². The van der Waals surface area contributed by atoms with Crippen molar-refractivity contribution in [2.75, 3.05) is 26.4 Å². The summed E-state index contributed by atoms with van der Waals surface area (Å²) in [5.74, 6) is -0.102. The number of ether oxygens (including phenoxy) is 2. The quantitative estimate of drug-likeness (QED) is 0.298. The summed E-state index contributed by atoms with van der Waals surface area (Å²) in [6.07, 6.45) is 9.63. The van der Waals surface area contributed by atoms with Gasteiger partial charge in [0.15, 0.2) is 0 Å². The molecule has 5 heteroatoms. The van der Waals surface area contributed by atoms with Crippen LogP contribution in [0.5, 0.6) is 0 Å². The lowest BCUT2D eigenvalue weighted by atomic mass is 9.67. The maximum Gasteiger partial charge on any atom is 0.407 e. The van der Waals surface area contributed by atoms with Gasteiger partial charge in [0, 0.05) is 25.7 Å². The second-order valence-electron chi connectivity index (χ2n) is 11.4. The highest BCUT2D eigenvalue weighted by Crippen LogP contribution is 2.41. The minimum atomic E-state index is -0.516. The van der Waals surface area contributed by atoms with Gasteiger partial charge in [0.1, 0.15) is 5.60 Å². The predicted octanol–water partition coefficient (Wildman–Crippen LogP) is 6.33. The van der Waals surface area contributed by atoms with E-state index in [0.717, 1.165) is 6.42 Å². The summed E-state index contributed by atoms with van der Waals surface area (Å²) < 4.78 is 10.9. The lowest BCUT2D eigenvalue weighted by Gasteiger charge is -2.39. The first-order chi connectivity index (χ1) is 13.8. The molecule has 0 aromatic carbocycles. The van der Waals surface area contributed by atoms with E-state index in [1.165, 1.54) is 44.9 Å². The van der Waals surface area contributed by atoms with Crippen LogP contribution in [0, 0.1) is 16.7 Å². The summed E-state index contributed by atoms with van der Waals surface area (Å²) in [5.41, 5.74) is 0.255. The highest BCUT2D eigenvalue weighted by Gasteiger charge is 2.31. The third-order valence-electron chi connectivity index (χ3n) is 6.17. The van der Waals surface area contributed by atoms with Crippen LogP contribution in [0.1, 0.15) is 107 Å². The van der Waals surface area contributed by atoms with Gasteiger partial charge in [-0.05, 0) is 44.4 Å². The van der Waals surface area contributed by atoms with Crippen LogP contribution >= 0.6 is 0 Å². The third-order valence-corrected chi connectivity index (χ3v) is 6.17. The molecule has 0 spiro atoms. The van der Waals surface area contributed by atoms with Crippen LogP contribution in [0.2, 0.25) is 0 Å². The lowest BCUT2D eigenvalue weighted by molar-refractivity contribution is 0.0452. The first-order valence-electron chi connectivity index (χ1n) is 11.9. The van der Waals surface area contributed by atoms with Gasteiger partial charge in [0.25, 0.3) is 0 Å². The minimum Gasteiger partial charge on any atom is -0.444 e. The zero-order valence-electron chi connectivity index (χ0n) is 21.2. The Kier molecular flexibility index (Phi) is 13.9. The van der Waals surface area contributed by atoms with Crippen molar-refractivity contribution in [3.8, 4) is 0 Å². The topological polar surface area (TPSA) is 67.8 Å². The molecular formula is C25H51NO4. The van der Waals surface area contributed by atoms with Gasteiger partial charge in [-0.1, -0.05) is 73.1 Å². The lowest BCUT2D eigenvalue weighted by Crippen LogP contribution is -2.37. The number of alkyl carbamates (subject to hydrolysis) is 1. The van der Waals surface area contributed by atoms with Crippen molar-refractivity contribution in [2.45, 2.75) is 112 Å². The molecule has 1 unspecified atom stereocenters. The fourth-order valence-corrected chi connectivity index (χ4v) is 3.00. The molecule has 0 saturated carbocycles. The smallest absolute Gasteiger partial charge is 0.407 e. The number of carbonyl (C=O) groups excluding carboxylic acids is 1. The number of aliphatic hydroxyl groups is 1. The largest absolute Gasteiger partial charge is 0.444 e. The van der Waals surface area contributed by atoms with E-state index in [2.05, 4.69) is 39.9 Å². The first kappa shape index (κ1) is 29.2. The van der Waals surface area contributed by atoms with Crippen LogP contribution in [0.3, 0.4) is 0 Å². The number of rotatable bonds is 15. The maximum absolute atomic E-state index is 11.7. The van der Waals surface area contributed by atoms with Gasteiger partial charge >= 0.3 is 6.09 Å². The van der Waals surface area contributed by atoms with Crippen LogP contribution in [0.25, 0.3) is 0 Å². The van der Waals surface area contributed by atoms with E-state index in [1.54, 1.807) is 0 Å². The zero-order chi connectivity index (χ0) is 23.3. The van der Waals surface area contributed by atoms with Gasteiger partial charge in [0.05, 0.1) is 6.61 Å². The third kappa shape index (κ3) is 15.1. The molecular weight excluding hydrogens is 378 g/mol. The molecule has 0 radical (unpaired) electrons. The fourth-order valence-electron chi connectivity index (χ4n) is 3.00. The van der Waals surface area contributed by atoms with Crippen LogP contribution in [0.15, 0.2) is 0 Å². The monoisotopic (exact) mass is 429 g/mol. The zero-order valence-corrected chi connectivity index (χ0v) is 21.2. The van der Waals surface area contributed by atoms with Crippen molar-refractivity contribution in [3.63, 3.8) is 0 Å². The fraction of sp³-hybridized carbons (Fsp3) is 0.960. The molecule has 0 aliphatic carbocycles. The molecule has 0 heterocycles. The molecule has 180 valence electrons. The Morgan fingerprint density at radius 3 is 1.90 bits per heavy atom. The average Bonchev–Trinajstić information content (AvgIpc) is 2.59. The van der Waals surface area contributed by atoms with E-state index in [0.29, 0.717) is 30.6 Å². The van der Waals surface area contributed by atoms with Gasteiger partial charge in [-0.25, -0.2) is 4.79 Å². The predicted molar refractivity (Wildman–Crippen MR) is 126 cm³/mol. The molecule has 1 atom stereocenters. The SMILES string of the molecule is CC(C)(C)OC(=O)NCC(CO)COCCCCCCCCCC(C)(C)C(C)(C)C. The van der Waals surface area contributed by atoms with Crippen molar-refractivity contribution >= 4 is 6.09 Å². The highest BCUT2D eigenvalue weighted by molar-refractivity contribution is 5.67. The van der Waals surface area contributed by atoms with E-state index in [-0.39, 0.29) is 12.5 Å². The van der Waals surface area contributed by atoms with Gasteiger partial charge in [-0.2, -0.15) is 0 Å². The van der Waals surface area contributed by atoms with E-state index in [9.17, 15) is 9.90 Å². The number of nitrogens with one attached hydrogen (secondary N) is 1. The van der Waals surface area contributed by atoms with Crippen LogP contribution in [-0.4, -0.2) is 43.2 Å². The van der Waals surface area contributed by atoms with Crippen LogP contribution in [0.4, 0.5) is 4.79 Å². The van der Waals surface area contributed by atoms with Gasteiger partial charge in [0.2, 0.25) is 0 Å². The number of unbranched alkanes of at least 4 members (excludes halogenated alkanes) is 6. The van der Waals surface area contributed by atoms with Gasteiger partial charge in [-0.15, -0.1) is 0 Å². The van der Waals surface area contributed by atoms with E-state index in [4.69, 9.17) is 9.47 Å². The van der Waals surface area contributed by atoms with Crippen molar-refractivity contribution in [1.29, 1.82) is 0 Å². The molecule has 0 rings (SSSR count). The molecule has 0 bridgehead atoms. The molecule has 0 aromatic rings. The summed E-state index contributed by atoms with van der Waals surface area (Å²) in [5, 5.41) is 12.1. The number of amides is 1. The molecule has 0 aliphatic rings. The van der Waals surface area contributed by atoms with Crippen molar-refractivity contribution in [3.05, 3.63) is 0 Å². The van der Waals surface area contributed by atoms with E-state index in [1.807, 2.05) is 20.8 Å². The number of hydrogen-bond donors (Lipinski definition) is 2. The summed E-state index contributed by atoms with van der Waals surface area (Å²) in [6, 6.07) is 0. The van der Waals surface area contributed by atoms with Crippen LogP contribution < -0.4 is 5.32 Å². The Morgan fingerprint density at radius 2 is 1.40 bits per heavy atom. The molecule has 0 aliphatic heterocycles.